The minimum atomic E-state index is -0.777. The van der Waals surface area contributed by atoms with Crippen LogP contribution in [0.25, 0.3) is 0 Å². The van der Waals surface area contributed by atoms with E-state index in [1.807, 2.05) is 30.3 Å². The van der Waals surface area contributed by atoms with Crippen molar-refractivity contribution in [1.29, 1.82) is 0 Å². The van der Waals surface area contributed by atoms with E-state index in [9.17, 15) is 14.7 Å². The molecule has 0 aromatic heterocycles. The molecule has 0 unspecified atom stereocenters. The number of hydrogen-bond donors (Lipinski definition) is 2. The largest absolute Gasteiger partial charge is 0.491 e. The van der Waals surface area contributed by atoms with Crippen LogP contribution in [0, 0.1) is 5.92 Å². The lowest BCUT2D eigenvalue weighted by Crippen LogP contribution is -2.20. The van der Waals surface area contributed by atoms with E-state index in [4.69, 9.17) is 14.6 Å². The van der Waals surface area contributed by atoms with Gasteiger partial charge in [0.05, 0.1) is 6.10 Å². The zero-order valence-corrected chi connectivity index (χ0v) is 15.5. The molecule has 0 bridgehead atoms. The molecule has 1 saturated heterocycles. The van der Waals surface area contributed by atoms with Crippen LogP contribution in [0.3, 0.4) is 0 Å². The summed E-state index contributed by atoms with van der Waals surface area (Å²) >= 11 is 0. The Hall–Kier alpha value is -2.18. The van der Waals surface area contributed by atoms with Gasteiger partial charge in [0.2, 0.25) is 0 Å². The highest BCUT2D eigenvalue weighted by molar-refractivity contribution is 5.84. The summed E-state index contributed by atoms with van der Waals surface area (Å²) in [5, 5.41) is 18.7. The molecule has 0 amide bonds. The molecule has 6 nitrogen and oxygen atoms in total. The Morgan fingerprint density at radius 1 is 1.22 bits per heavy atom. The number of carboxylic acids is 1. The third-order valence-electron chi connectivity index (χ3n) is 4.57. The molecule has 1 fully saturated rings. The molecule has 3 atom stereocenters. The third kappa shape index (κ3) is 7.93. The summed E-state index contributed by atoms with van der Waals surface area (Å²) in [6, 6.07) is 9.26. The van der Waals surface area contributed by atoms with Crippen molar-refractivity contribution in [3.05, 3.63) is 42.5 Å². The van der Waals surface area contributed by atoms with E-state index in [1.54, 1.807) is 12.2 Å². The molecular formula is C21H28O6. The Bertz CT molecular complexity index is 612. The van der Waals surface area contributed by atoms with Gasteiger partial charge >= 0.3 is 5.97 Å². The van der Waals surface area contributed by atoms with Crippen molar-refractivity contribution in [2.45, 2.75) is 50.7 Å². The van der Waals surface area contributed by atoms with Crippen LogP contribution >= 0.6 is 0 Å². The molecule has 1 aromatic carbocycles. The average molecular weight is 376 g/mol. The minimum Gasteiger partial charge on any atom is -0.491 e. The molecule has 0 radical (unpaired) electrons. The first kappa shape index (κ1) is 21.1. The zero-order valence-electron chi connectivity index (χ0n) is 15.5. The number of carbonyl (C=O) groups is 2. The predicted octanol–water partition coefficient (Wildman–Crippen LogP) is 2.99. The van der Waals surface area contributed by atoms with Crippen molar-refractivity contribution in [1.82, 2.24) is 0 Å². The van der Waals surface area contributed by atoms with Gasteiger partial charge in [-0.2, -0.15) is 0 Å². The quantitative estimate of drug-likeness (QED) is 0.430. The van der Waals surface area contributed by atoms with Crippen LogP contribution in [0.5, 0.6) is 5.75 Å². The lowest BCUT2D eigenvalue weighted by Gasteiger charge is -2.14. The fourth-order valence-corrected chi connectivity index (χ4v) is 3.09. The second kappa shape index (κ2) is 11.5. The molecule has 1 aliphatic heterocycles. The van der Waals surface area contributed by atoms with Crippen LogP contribution in [0.4, 0.5) is 0 Å². The highest BCUT2D eigenvalue weighted by Gasteiger charge is 2.33. The number of carbonyl (C=O) groups excluding carboxylic acids is 1. The Kier molecular flexibility index (Phi) is 9.01. The Labute approximate surface area is 159 Å². The summed E-state index contributed by atoms with van der Waals surface area (Å²) < 4.78 is 11.0. The number of unbranched alkanes of at least 4 members (excludes halogenated alkanes) is 3. The van der Waals surface area contributed by atoms with Crippen LogP contribution < -0.4 is 4.74 Å². The number of ketones is 1. The van der Waals surface area contributed by atoms with Crippen molar-refractivity contribution < 1.29 is 29.3 Å². The molecule has 6 heteroatoms. The van der Waals surface area contributed by atoms with Gasteiger partial charge in [-0.25, -0.2) is 0 Å². The molecule has 1 aromatic rings. The van der Waals surface area contributed by atoms with Gasteiger partial charge in [0.1, 0.15) is 25.1 Å². The summed E-state index contributed by atoms with van der Waals surface area (Å²) in [6.07, 6.45) is 6.47. The summed E-state index contributed by atoms with van der Waals surface area (Å²) in [6.45, 7) is 0.241. The number of benzene rings is 1. The van der Waals surface area contributed by atoms with E-state index >= 15 is 0 Å². The van der Waals surface area contributed by atoms with Gasteiger partial charge in [-0.05, 0) is 25.0 Å². The van der Waals surface area contributed by atoms with Gasteiger partial charge in [-0.15, -0.1) is 0 Å². The van der Waals surface area contributed by atoms with E-state index in [2.05, 4.69) is 0 Å². The van der Waals surface area contributed by atoms with Crippen molar-refractivity contribution in [3.63, 3.8) is 0 Å². The van der Waals surface area contributed by atoms with E-state index in [-0.39, 0.29) is 37.4 Å². The molecule has 27 heavy (non-hydrogen) atoms. The third-order valence-corrected chi connectivity index (χ3v) is 4.57. The van der Waals surface area contributed by atoms with Gasteiger partial charge in [-0.1, -0.05) is 49.6 Å². The number of aliphatic carboxylic acids is 1. The van der Waals surface area contributed by atoms with Crippen molar-refractivity contribution >= 4 is 11.8 Å². The number of carboxylic acid groups (broad SMARTS) is 1. The van der Waals surface area contributed by atoms with Gasteiger partial charge in [0, 0.05) is 12.3 Å². The number of para-hydroxylation sites is 1. The fourth-order valence-electron chi connectivity index (χ4n) is 3.09. The van der Waals surface area contributed by atoms with Crippen LogP contribution in [0.15, 0.2) is 42.5 Å². The van der Waals surface area contributed by atoms with Crippen LogP contribution in [0.2, 0.25) is 0 Å². The van der Waals surface area contributed by atoms with E-state index < -0.39 is 12.1 Å². The molecule has 0 saturated carbocycles. The van der Waals surface area contributed by atoms with E-state index in [1.165, 1.54) is 0 Å². The second-order valence-corrected chi connectivity index (χ2v) is 6.77. The topological polar surface area (TPSA) is 93.1 Å². The van der Waals surface area contributed by atoms with Gasteiger partial charge in [0.25, 0.3) is 0 Å². The maximum Gasteiger partial charge on any atom is 0.303 e. The van der Waals surface area contributed by atoms with E-state index in [0.717, 1.165) is 25.7 Å². The first-order chi connectivity index (χ1) is 13.1. The maximum atomic E-state index is 12.0. The van der Waals surface area contributed by atoms with Crippen molar-refractivity contribution in [2.75, 3.05) is 13.2 Å². The van der Waals surface area contributed by atoms with Crippen molar-refractivity contribution in [2.24, 2.45) is 5.92 Å². The Balaban J connectivity index is 1.70. The molecule has 0 aliphatic carbocycles. The molecular weight excluding hydrogens is 348 g/mol. The summed E-state index contributed by atoms with van der Waals surface area (Å²) in [7, 11) is 0. The van der Waals surface area contributed by atoms with Crippen molar-refractivity contribution in [3.8, 4) is 5.75 Å². The number of rotatable bonds is 12. The molecule has 1 heterocycles. The lowest BCUT2D eigenvalue weighted by molar-refractivity contribution is -0.137. The smallest absolute Gasteiger partial charge is 0.303 e. The predicted molar refractivity (Wildman–Crippen MR) is 101 cm³/mol. The molecule has 1 aliphatic rings. The lowest BCUT2D eigenvalue weighted by atomic mass is 9.93. The van der Waals surface area contributed by atoms with Crippen LogP contribution in [-0.2, 0) is 14.3 Å². The maximum absolute atomic E-state index is 12.0. The Morgan fingerprint density at radius 3 is 2.70 bits per heavy atom. The van der Waals surface area contributed by atoms with Gasteiger partial charge in [0.15, 0.2) is 5.78 Å². The molecule has 2 N–H and O–H groups in total. The molecule has 2 rings (SSSR count). The average Bonchev–Trinajstić information content (AvgIpc) is 3.01. The van der Waals surface area contributed by atoms with E-state index in [0.29, 0.717) is 12.2 Å². The number of aliphatic hydroxyl groups is 1. The minimum absolute atomic E-state index is 0.0882. The summed E-state index contributed by atoms with van der Waals surface area (Å²) in [4.78, 5) is 22.5. The fraction of sp³-hybridized carbons (Fsp3) is 0.524. The standard InChI is InChI=1S/C21H28O6/c22-16(14-26-17-8-4-3-5-9-17)12-13-20-18(19(23)15-27-20)10-6-1-2-7-11-21(24)25/h3-5,8-9,12-13,16,18,20,22H,1-2,6-7,10-11,14-15H2,(H,24,25)/t16-,18+,20-/m1/s1. The number of Topliss-reactive ketones (excluding diaryl/α,β-unsaturated/α-hetero) is 1. The Morgan fingerprint density at radius 2 is 1.96 bits per heavy atom. The normalized spacial score (nSPS) is 20.9. The summed E-state index contributed by atoms with van der Waals surface area (Å²) in [5.41, 5.74) is 0. The number of hydrogen-bond acceptors (Lipinski definition) is 5. The van der Waals surface area contributed by atoms with Gasteiger partial charge < -0.3 is 19.7 Å². The van der Waals surface area contributed by atoms with Crippen LogP contribution in [-0.4, -0.2) is 47.4 Å². The van der Waals surface area contributed by atoms with Gasteiger partial charge in [-0.3, -0.25) is 9.59 Å². The second-order valence-electron chi connectivity index (χ2n) is 6.77. The summed E-state index contributed by atoms with van der Waals surface area (Å²) in [5.74, 6) is -0.180. The zero-order chi connectivity index (χ0) is 19.5. The monoisotopic (exact) mass is 376 g/mol. The van der Waals surface area contributed by atoms with Crippen LogP contribution in [0.1, 0.15) is 38.5 Å². The first-order valence-corrected chi connectivity index (χ1v) is 9.46. The first-order valence-electron chi connectivity index (χ1n) is 9.46. The number of ether oxygens (including phenoxy) is 2. The SMILES string of the molecule is O=C(O)CCCCCC[C@H]1C(=O)CO[C@@H]1C=C[C@@H](O)COc1ccccc1. The highest BCUT2D eigenvalue weighted by atomic mass is 16.5. The highest BCUT2D eigenvalue weighted by Crippen LogP contribution is 2.25. The number of aliphatic hydroxyl groups excluding tert-OH is 1. The molecule has 0 spiro atoms. The molecule has 148 valence electrons.